The second kappa shape index (κ2) is 18.3. The predicted molar refractivity (Wildman–Crippen MR) is 259 cm³/mol. The number of hydrogen-bond acceptors (Lipinski definition) is 12. The van der Waals surface area contributed by atoms with Crippen LogP contribution in [-0.4, -0.2) is 120 Å². The predicted octanol–water partition coefficient (Wildman–Crippen LogP) is 7.40. The van der Waals surface area contributed by atoms with Gasteiger partial charge in [0.15, 0.2) is 0 Å². The van der Waals surface area contributed by atoms with Crippen molar-refractivity contribution in [2.75, 3.05) is 75.4 Å². The zero-order chi connectivity index (χ0) is 46.4. The van der Waals surface area contributed by atoms with Crippen LogP contribution < -0.4 is 19.1 Å². The largest absolute Gasteiger partial charge is 0.493 e. The number of aromatic amines is 1. The summed E-state index contributed by atoms with van der Waals surface area (Å²) in [5.41, 5.74) is 5.57. The van der Waals surface area contributed by atoms with Gasteiger partial charge >= 0.3 is 0 Å². The number of ether oxygens (including phenoxy) is 2. The van der Waals surface area contributed by atoms with Gasteiger partial charge in [-0.1, -0.05) is 43.2 Å². The first-order valence-electron chi connectivity index (χ1n) is 22.2. The van der Waals surface area contributed by atoms with Crippen molar-refractivity contribution in [1.82, 2.24) is 24.5 Å². The van der Waals surface area contributed by atoms with Crippen LogP contribution in [0.2, 0.25) is 5.02 Å². The Morgan fingerprint density at radius 2 is 1.80 bits per heavy atom. The van der Waals surface area contributed by atoms with E-state index in [1.165, 1.54) is 35.0 Å². The number of anilines is 1. The zero-order valence-electron chi connectivity index (χ0n) is 37.1. The molecule has 1 amide bonds. The second-order valence-electron chi connectivity index (χ2n) is 18.7. The summed E-state index contributed by atoms with van der Waals surface area (Å²) in [6.45, 7) is 10.6. The van der Waals surface area contributed by atoms with E-state index in [4.69, 9.17) is 21.1 Å². The van der Waals surface area contributed by atoms with E-state index in [2.05, 4.69) is 61.2 Å². The minimum atomic E-state index is -4.66. The van der Waals surface area contributed by atoms with E-state index >= 15 is 0 Å². The maximum Gasteiger partial charge on any atom is 0.277 e. The summed E-state index contributed by atoms with van der Waals surface area (Å²) in [4.78, 5) is 39.7. The van der Waals surface area contributed by atoms with Gasteiger partial charge < -0.3 is 24.3 Å². The van der Waals surface area contributed by atoms with Crippen LogP contribution in [0, 0.1) is 21.4 Å². The molecule has 0 saturated carbocycles. The molecule has 9 rings (SSSR count). The number of fused-ring (bicyclic) bond motifs is 2. The number of pyridine rings is 1. The Hall–Kier alpha value is -5.46. The van der Waals surface area contributed by atoms with Crippen molar-refractivity contribution < 1.29 is 31.8 Å². The van der Waals surface area contributed by atoms with E-state index in [1.807, 2.05) is 18.2 Å². The van der Waals surface area contributed by atoms with Gasteiger partial charge in [0, 0.05) is 110 Å². The number of carbonyl (C=O) groups excluding carboxylic acids is 1. The molecule has 1 aliphatic carbocycles. The van der Waals surface area contributed by atoms with Crippen molar-refractivity contribution >= 4 is 70.9 Å². The lowest BCUT2D eigenvalue weighted by Crippen LogP contribution is -2.47. The maximum absolute atomic E-state index is 14.1. The summed E-state index contributed by atoms with van der Waals surface area (Å²) in [5, 5.41) is 13.9. The summed E-state index contributed by atoms with van der Waals surface area (Å²) >= 11 is 6.25. The monoisotopic (exact) mass is 955 g/mol. The third-order valence-electron chi connectivity index (χ3n) is 13.3. The third kappa shape index (κ3) is 10.2. The minimum absolute atomic E-state index is 0.0593. The maximum atomic E-state index is 14.1. The second-order valence-corrected chi connectivity index (χ2v) is 23.6. The minimum Gasteiger partial charge on any atom is -0.493 e. The number of sulfonamides is 1. The molecule has 5 heterocycles. The van der Waals surface area contributed by atoms with Crippen LogP contribution in [0.25, 0.3) is 16.6 Å². The number of aromatic nitrogens is 2. The molecular formula is C48H54ClN7O8S2. The van der Waals surface area contributed by atoms with Crippen LogP contribution in [0.3, 0.4) is 0 Å². The van der Waals surface area contributed by atoms with Gasteiger partial charge in [-0.3, -0.25) is 24.0 Å². The molecule has 66 heavy (non-hydrogen) atoms. The molecule has 2 fully saturated rings. The molecule has 3 aliphatic heterocycles. The summed E-state index contributed by atoms with van der Waals surface area (Å²) in [5.74, 6) is 4.25. The number of carbonyl (C=O) groups is 1. The van der Waals surface area contributed by atoms with E-state index in [-0.39, 0.29) is 40.6 Å². The van der Waals surface area contributed by atoms with Crippen LogP contribution >= 0.6 is 11.6 Å². The first-order valence-corrected chi connectivity index (χ1v) is 26.2. The highest BCUT2D eigenvalue weighted by Gasteiger charge is 2.34. The molecule has 1 atom stereocenters. The van der Waals surface area contributed by atoms with Crippen molar-refractivity contribution in [3.8, 4) is 17.2 Å². The van der Waals surface area contributed by atoms with Crippen LogP contribution in [0.5, 0.6) is 17.2 Å². The van der Waals surface area contributed by atoms with E-state index in [0.717, 1.165) is 61.1 Å². The summed E-state index contributed by atoms with van der Waals surface area (Å²) in [6.07, 6.45) is 6.74. The molecule has 5 aromatic rings. The van der Waals surface area contributed by atoms with Gasteiger partial charge in [0.25, 0.3) is 21.6 Å². The molecule has 4 aliphatic rings. The quantitative estimate of drug-likeness (QED) is 0.0720. The van der Waals surface area contributed by atoms with Crippen molar-refractivity contribution in [3.63, 3.8) is 0 Å². The van der Waals surface area contributed by atoms with E-state index in [1.54, 1.807) is 24.4 Å². The SMILES string of the molecule is C=S1(=O)CCN(C[C@H]2COc3cc(S(=O)(=O)NC(=O)c4ccc(N5CCN(CC6=C(c7ccc(Cl)cc7)CC(C)(C)CC6)CC5)cc4Oc4cnc5[nH]ccc5c4)cc([N+](=O)[O-])c3C2)CC1. The first-order chi connectivity index (χ1) is 31.5. The molecule has 0 unspecified atom stereocenters. The number of nitrogens with zero attached hydrogens (tertiary/aromatic N) is 5. The number of halogens is 1. The Bertz CT molecular complexity index is 2930. The lowest BCUT2D eigenvalue weighted by Gasteiger charge is -2.39. The average molecular weight is 957 g/mol. The van der Waals surface area contributed by atoms with Crippen LogP contribution in [-0.2, 0) is 26.0 Å². The van der Waals surface area contributed by atoms with Crippen LogP contribution in [0.1, 0.15) is 54.6 Å². The van der Waals surface area contributed by atoms with Gasteiger partial charge in [0.2, 0.25) is 0 Å². The molecule has 15 nitrogen and oxygen atoms in total. The molecule has 348 valence electrons. The number of nitro groups is 1. The fraction of sp³-hybridized carbons (Fsp3) is 0.396. The Kier molecular flexibility index (Phi) is 12.7. The molecule has 0 spiro atoms. The number of allylic oxidation sites excluding steroid dienone is 1. The number of benzene rings is 3. The zero-order valence-corrected chi connectivity index (χ0v) is 39.5. The number of nitrogens with one attached hydrogen (secondary N) is 2. The number of nitro benzene ring substituents is 1. The molecule has 18 heteroatoms. The molecule has 0 radical (unpaired) electrons. The third-order valence-corrected chi connectivity index (χ3v) is 16.7. The van der Waals surface area contributed by atoms with E-state index in [9.17, 15) is 27.5 Å². The van der Waals surface area contributed by atoms with Crippen molar-refractivity contribution in [2.24, 2.45) is 11.3 Å². The van der Waals surface area contributed by atoms with Crippen LogP contribution in [0.4, 0.5) is 11.4 Å². The number of H-pyrrole nitrogens is 1. The van der Waals surface area contributed by atoms with Gasteiger partial charge in [-0.15, -0.1) is 0 Å². The van der Waals surface area contributed by atoms with Crippen molar-refractivity contribution in [1.29, 1.82) is 0 Å². The average Bonchev–Trinajstić information content (AvgIpc) is 3.76. The fourth-order valence-electron chi connectivity index (χ4n) is 9.50. The van der Waals surface area contributed by atoms with Gasteiger partial charge in [-0.2, -0.15) is 0 Å². The van der Waals surface area contributed by atoms with Crippen LogP contribution in [0.15, 0.2) is 89.6 Å². The molecular weight excluding hydrogens is 902 g/mol. The molecule has 2 N–H and O–H groups in total. The van der Waals surface area contributed by atoms with Crippen molar-refractivity contribution in [3.05, 3.63) is 117 Å². The van der Waals surface area contributed by atoms with E-state index < -0.39 is 41.0 Å². The first kappa shape index (κ1) is 45.7. The molecule has 2 aromatic heterocycles. The lowest BCUT2D eigenvalue weighted by molar-refractivity contribution is -0.386. The molecule has 2 saturated heterocycles. The van der Waals surface area contributed by atoms with Gasteiger partial charge in [0.1, 0.15) is 22.9 Å². The standard InChI is InChI=1S/C48H54ClN7O8S2/c1-48(2)12-10-35(42(27-48)33-4-6-36(49)7-5-33)30-53-14-16-55(17-15-53)37-8-9-40(45(24-37)64-38-23-34-11-13-50-46(34)51-28-38)47(57)52-66(61,62)39-25-43(56(58)59)41-22-32(31-63-44(41)26-39)29-54-18-20-65(3,60)21-19-54/h4-9,11,13,23-26,28,32H,3,10,12,14-22,27,29-31H2,1-2H3,(H,50,51)(H,52,57)/t32-/m0/s1. The van der Waals surface area contributed by atoms with Crippen molar-refractivity contribution in [2.45, 2.75) is 44.4 Å². The Labute approximate surface area is 390 Å². The van der Waals surface area contributed by atoms with Gasteiger partial charge in [-0.25, -0.2) is 18.1 Å². The normalized spacial score (nSPS) is 20.1. The summed E-state index contributed by atoms with van der Waals surface area (Å²) < 4.78 is 54.7. The highest BCUT2D eigenvalue weighted by Crippen LogP contribution is 2.44. The smallest absolute Gasteiger partial charge is 0.277 e. The summed E-state index contributed by atoms with van der Waals surface area (Å²) in [7, 11) is -6.74. The Morgan fingerprint density at radius 1 is 1.05 bits per heavy atom. The number of hydrogen-bond donors (Lipinski definition) is 2. The lowest BCUT2D eigenvalue weighted by atomic mass is 9.72. The topological polar surface area (TPSA) is 180 Å². The van der Waals surface area contributed by atoms with E-state index in [0.29, 0.717) is 62.0 Å². The molecule has 3 aromatic carbocycles. The number of amides is 1. The highest BCUT2D eigenvalue weighted by molar-refractivity contribution is 8.00. The number of rotatable bonds is 12. The van der Waals surface area contributed by atoms with Gasteiger partial charge in [0.05, 0.1) is 33.7 Å². The Balaban J connectivity index is 0.931. The summed E-state index contributed by atoms with van der Waals surface area (Å²) in [6, 6.07) is 19.0. The molecule has 0 bridgehead atoms. The highest BCUT2D eigenvalue weighted by atomic mass is 35.5. The van der Waals surface area contributed by atoms with Gasteiger partial charge in [-0.05, 0) is 94.0 Å². The number of piperazine rings is 1. The Morgan fingerprint density at radius 3 is 2.55 bits per heavy atom. The fourth-order valence-corrected chi connectivity index (χ4v) is 12.0.